The highest BCUT2D eigenvalue weighted by molar-refractivity contribution is 7.99. The molecule has 3 rings (SSSR count). The van der Waals surface area contributed by atoms with Crippen LogP contribution in [0.2, 0.25) is 0 Å². The van der Waals surface area contributed by atoms with E-state index >= 15 is 0 Å². The third-order valence-corrected chi connectivity index (χ3v) is 5.67. The number of nitrogens with zero attached hydrogens (tertiary/aromatic N) is 2. The first kappa shape index (κ1) is 18.4. The van der Waals surface area contributed by atoms with Gasteiger partial charge in [0.1, 0.15) is 6.54 Å². The smallest absolute Gasteiger partial charge is 0.255 e. The van der Waals surface area contributed by atoms with Gasteiger partial charge in [-0.25, -0.2) is 0 Å². The molecule has 0 bridgehead atoms. The quantitative estimate of drug-likeness (QED) is 0.377. The zero-order chi connectivity index (χ0) is 18.6. The Bertz CT molecular complexity index is 804. The Kier molecular flexibility index (Phi) is 5.61. The number of nitrogens with two attached hydrogens (primary N) is 1. The average Bonchev–Trinajstić information content (AvgIpc) is 2.64. The maximum atomic E-state index is 13.0. The fraction of sp³-hybridized carbons (Fsp3) is 0.263. The molecule has 0 aromatic heterocycles. The third-order valence-electron chi connectivity index (χ3n) is 4.51. The van der Waals surface area contributed by atoms with Gasteiger partial charge >= 0.3 is 0 Å². The standard InChI is InChI=1S/C19H21N3O3S/c20-16-6-2-4-8-18(16)26-17-7-3-1-5-15(17)19(24)21-9-11-22(25,12-10-21)13-14-23/h1-8,14H,9-13,20H2. The van der Waals surface area contributed by atoms with Gasteiger partial charge in [-0.2, -0.15) is 0 Å². The number of piperazine rings is 1. The number of para-hydroxylation sites is 1. The van der Waals surface area contributed by atoms with Crippen LogP contribution in [0.1, 0.15) is 10.4 Å². The van der Waals surface area contributed by atoms with Gasteiger partial charge in [0.25, 0.3) is 5.91 Å². The molecular weight excluding hydrogens is 350 g/mol. The Balaban J connectivity index is 1.77. The van der Waals surface area contributed by atoms with E-state index in [2.05, 4.69) is 0 Å². The zero-order valence-corrected chi connectivity index (χ0v) is 15.2. The van der Waals surface area contributed by atoms with E-state index in [0.717, 1.165) is 9.79 Å². The number of quaternary nitrogens is 1. The number of carbonyl (C=O) groups excluding carboxylic acids is 2. The van der Waals surface area contributed by atoms with Gasteiger partial charge in [0.15, 0.2) is 6.29 Å². The van der Waals surface area contributed by atoms with E-state index in [4.69, 9.17) is 5.73 Å². The number of anilines is 1. The molecule has 1 fully saturated rings. The molecule has 136 valence electrons. The lowest BCUT2D eigenvalue weighted by molar-refractivity contribution is -0.875. The zero-order valence-electron chi connectivity index (χ0n) is 14.3. The molecule has 0 radical (unpaired) electrons. The van der Waals surface area contributed by atoms with Gasteiger partial charge in [0.2, 0.25) is 0 Å². The Hall–Kier alpha value is -2.35. The molecule has 0 saturated carbocycles. The van der Waals surface area contributed by atoms with Crippen LogP contribution in [0, 0.1) is 5.21 Å². The fourth-order valence-corrected chi connectivity index (χ4v) is 3.93. The van der Waals surface area contributed by atoms with Gasteiger partial charge in [-0.15, -0.1) is 0 Å². The first-order chi connectivity index (χ1) is 12.5. The van der Waals surface area contributed by atoms with Crippen LogP contribution in [-0.2, 0) is 4.79 Å². The van der Waals surface area contributed by atoms with E-state index in [1.807, 2.05) is 42.5 Å². The number of nitrogen functional groups attached to an aromatic ring is 1. The molecule has 0 aliphatic carbocycles. The van der Waals surface area contributed by atoms with Crippen LogP contribution in [0.5, 0.6) is 0 Å². The number of hydrogen-bond acceptors (Lipinski definition) is 5. The van der Waals surface area contributed by atoms with Gasteiger partial charge < -0.3 is 20.5 Å². The number of aldehydes is 1. The van der Waals surface area contributed by atoms with E-state index in [1.165, 1.54) is 11.8 Å². The second kappa shape index (κ2) is 7.90. The van der Waals surface area contributed by atoms with Crippen molar-refractivity contribution in [3.05, 3.63) is 59.3 Å². The normalized spacial score (nSPS) is 16.3. The van der Waals surface area contributed by atoms with E-state index < -0.39 is 4.65 Å². The highest BCUT2D eigenvalue weighted by Crippen LogP contribution is 2.34. The summed E-state index contributed by atoms with van der Waals surface area (Å²) in [6, 6.07) is 14.9. The molecule has 1 amide bonds. The van der Waals surface area contributed by atoms with Crippen molar-refractivity contribution >= 4 is 29.6 Å². The molecule has 2 aromatic rings. The second-order valence-electron chi connectivity index (χ2n) is 6.28. The minimum absolute atomic E-state index is 0.0538. The molecule has 1 saturated heterocycles. The van der Waals surface area contributed by atoms with Gasteiger partial charge in [-0.3, -0.25) is 9.59 Å². The number of carbonyl (C=O) groups is 2. The Morgan fingerprint density at radius 3 is 2.38 bits per heavy atom. The molecule has 2 aromatic carbocycles. The van der Waals surface area contributed by atoms with Crippen LogP contribution in [-0.4, -0.2) is 54.5 Å². The van der Waals surface area contributed by atoms with Gasteiger partial charge in [0.05, 0.1) is 31.7 Å². The SMILES string of the molecule is Nc1ccccc1Sc1ccccc1C(=O)N1CC[N+]([O-])(CC=O)CC1. The summed E-state index contributed by atoms with van der Waals surface area (Å²) in [5.41, 5.74) is 7.28. The molecule has 0 atom stereocenters. The number of amides is 1. The van der Waals surface area contributed by atoms with Crippen LogP contribution in [0.25, 0.3) is 0 Å². The minimum Gasteiger partial charge on any atom is -0.632 e. The van der Waals surface area contributed by atoms with E-state index in [1.54, 1.807) is 11.0 Å². The van der Waals surface area contributed by atoms with Crippen molar-refractivity contribution < 1.29 is 14.2 Å². The first-order valence-electron chi connectivity index (χ1n) is 8.44. The van der Waals surface area contributed by atoms with Crippen molar-refractivity contribution in [1.82, 2.24) is 4.90 Å². The van der Waals surface area contributed by atoms with Crippen LogP contribution in [0.3, 0.4) is 0 Å². The van der Waals surface area contributed by atoms with Crippen LogP contribution < -0.4 is 5.73 Å². The third kappa shape index (κ3) is 4.07. The van der Waals surface area contributed by atoms with Gasteiger partial charge in [0, 0.05) is 15.5 Å². The van der Waals surface area contributed by atoms with Crippen molar-refractivity contribution in [1.29, 1.82) is 0 Å². The van der Waals surface area contributed by atoms with E-state index in [-0.39, 0.29) is 25.5 Å². The summed E-state index contributed by atoms with van der Waals surface area (Å²) < 4.78 is -0.551. The summed E-state index contributed by atoms with van der Waals surface area (Å²) in [6.07, 6.45) is 0.653. The van der Waals surface area contributed by atoms with Crippen molar-refractivity contribution in [2.45, 2.75) is 9.79 Å². The van der Waals surface area contributed by atoms with Crippen LogP contribution in [0.15, 0.2) is 58.3 Å². The second-order valence-corrected chi connectivity index (χ2v) is 7.37. The lowest BCUT2D eigenvalue weighted by Gasteiger charge is -2.47. The minimum atomic E-state index is -0.551. The molecule has 1 aliphatic heterocycles. The monoisotopic (exact) mass is 371 g/mol. The summed E-state index contributed by atoms with van der Waals surface area (Å²) in [7, 11) is 0. The molecular formula is C19H21N3O3S. The summed E-state index contributed by atoms with van der Waals surface area (Å²) in [5.74, 6) is -0.0973. The topological polar surface area (TPSA) is 86.5 Å². The molecule has 0 spiro atoms. The Morgan fingerprint density at radius 1 is 1.12 bits per heavy atom. The maximum absolute atomic E-state index is 13.0. The van der Waals surface area contributed by atoms with Gasteiger partial charge in [-0.1, -0.05) is 36.0 Å². The predicted octanol–water partition coefficient (Wildman–Crippen LogP) is 2.39. The molecule has 26 heavy (non-hydrogen) atoms. The van der Waals surface area contributed by atoms with E-state index in [0.29, 0.717) is 30.6 Å². The Morgan fingerprint density at radius 2 is 1.73 bits per heavy atom. The fourth-order valence-electron chi connectivity index (χ4n) is 2.95. The van der Waals surface area contributed by atoms with Crippen LogP contribution >= 0.6 is 11.8 Å². The summed E-state index contributed by atoms with van der Waals surface area (Å²) in [5, 5.41) is 12.3. The lowest BCUT2D eigenvalue weighted by atomic mass is 10.1. The number of hydrogen-bond donors (Lipinski definition) is 1. The van der Waals surface area contributed by atoms with E-state index in [9.17, 15) is 14.8 Å². The molecule has 7 heteroatoms. The van der Waals surface area contributed by atoms with Crippen molar-refractivity contribution in [3.63, 3.8) is 0 Å². The van der Waals surface area contributed by atoms with Crippen molar-refractivity contribution in [2.24, 2.45) is 0 Å². The lowest BCUT2D eigenvalue weighted by Crippen LogP contribution is -2.57. The van der Waals surface area contributed by atoms with Gasteiger partial charge in [-0.05, 0) is 24.3 Å². The first-order valence-corrected chi connectivity index (χ1v) is 9.25. The van der Waals surface area contributed by atoms with Crippen molar-refractivity contribution in [2.75, 3.05) is 38.5 Å². The molecule has 2 N–H and O–H groups in total. The van der Waals surface area contributed by atoms with Crippen LogP contribution in [0.4, 0.5) is 5.69 Å². The highest BCUT2D eigenvalue weighted by atomic mass is 32.2. The molecule has 6 nitrogen and oxygen atoms in total. The maximum Gasteiger partial charge on any atom is 0.255 e. The average molecular weight is 371 g/mol. The summed E-state index contributed by atoms with van der Waals surface area (Å²) in [4.78, 5) is 27.0. The number of hydroxylamine groups is 3. The molecule has 0 unspecified atom stereocenters. The summed E-state index contributed by atoms with van der Waals surface area (Å²) in [6.45, 7) is 1.13. The Labute approximate surface area is 156 Å². The molecule has 1 aliphatic rings. The molecule has 1 heterocycles. The van der Waals surface area contributed by atoms with Crippen molar-refractivity contribution in [3.8, 4) is 0 Å². The number of benzene rings is 2. The highest BCUT2D eigenvalue weighted by Gasteiger charge is 2.29. The predicted molar refractivity (Wildman–Crippen MR) is 102 cm³/mol. The summed E-state index contributed by atoms with van der Waals surface area (Å²) >= 11 is 1.46. The largest absolute Gasteiger partial charge is 0.632 e. The number of rotatable bonds is 5.